The Morgan fingerprint density at radius 2 is 1.43 bits per heavy atom. The highest BCUT2D eigenvalue weighted by Gasteiger charge is 2.33. The second-order valence-electron chi connectivity index (χ2n) is 3.91. The van der Waals surface area contributed by atoms with Crippen molar-refractivity contribution in [2.75, 3.05) is 34.2 Å². The van der Waals surface area contributed by atoms with Gasteiger partial charge in [0.25, 0.3) is 0 Å². The zero-order valence-corrected chi connectivity index (χ0v) is 16.7. The molecular formula is C17H43N3O. The highest BCUT2D eigenvalue weighted by atomic mass is 16.2. The molecule has 0 aliphatic rings. The molecule has 0 bridgehead atoms. The largest absolute Gasteiger partial charge is 0.358 e. The van der Waals surface area contributed by atoms with Crippen molar-refractivity contribution in [1.29, 1.82) is 0 Å². The average Bonchev–Trinajstić information content (AvgIpc) is 2.60. The Balaban J connectivity index is -0.000000212. The lowest BCUT2D eigenvalue weighted by Crippen LogP contribution is -2.55. The summed E-state index contributed by atoms with van der Waals surface area (Å²) in [5.74, 6) is 0.0806. The number of rotatable bonds is 7. The maximum absolute atomic E-state index is 11.8. The molecule has 0 radical (unpaired) electrons. The van der Waals surface area contributed by atoms with Crippen molar-refractivity contribution in [3.63, 3.8) is 0 Å². The van der Waals surface area contributed by atoms with Gasteiger partial charge >= 0.3 is 0 Å². The minimum absolute atomic E-state index is 0.0806. The Hall–Kier alpha value is -0.610. The summed E-state index contributed by atoms with van der Waals surface area (Å²) in [6.45, 7) is 18.1. The summed E-state index contributed by atoms with van der Waals surface area (Å²) in [4.78, 5) is 14.0. The van der Waals surface area contributed by atoms with Crippen molar-refractivity contribution in [3.05, 3.63) is 0 Å². The molecule has 1 amide bonds. The molecule has 132 valence electrons. The Morgan fingerprint density at radius 3 is 1.67 bits per heavy atom. The molecule has 0 aliphatic carbocycles. The maximum atomic E-state index is 11.8. The van der Waals surface area contributed by atoms with E-state index in [0.717, 1.165) is 25.9 Å². The Bertz CT molecular complexity index is 192. The van der Waals surface area contributed by atoms with Crippen LogP contribution in [-0.2, 0) is 4.79 Å². The number of amides is 1. The van der Waals surface area contributed by atoms with E-state index in [0.29, 0.717) is 0 Å². The van der Waals surface area contributed by atoms with Crippen molar-refractivity contribution in [1.82, 2.24) is 15.5 Å². The third-order valence-corrected chi connectivity index (χ3v) is 3.20. The molecule has 0 aromatic carbocycles. The first kappa shape index (κ1) is 28.5. The summed E-state index contributed by atoms with van der Waals surface area (Å²) < 4.78 is 0. The second-order valence-corrected chi connectivity index (χ2v) is 3.91. The van der Waals surface area contributed by atoms with Crippen molar-refractivity contribution in [2.45, 2.75) is 73.8 Å². The van der Waals surface area contributed by atoms with Crippen molar-refractivity contribution in [2.24, 2.45) is 0 Å². The SMILES string of the molecule is CC.CC.CC.CCN(C)CCC(CC)(NC)C(=O)NC. The molecule has 0 heterocycles. The van der Waals surface area contributed by atoms with Crippen LogP contribution >= 0.6 is 0 Å². The van der Waals surface area contributed by atoms with Crippen LogP contribution in [0.4, 0.5) is 0 Å². The van der Waals surface area contributed by atoms with Gasteiger partial charge in [0.2, 0.25) is 5.91 Å². The third kappa shape index (κ3) is 12.8. The van der Waals surface area contributed by atoms with Crippen LogP contribution in [-0.4, -0.2) is 50.6 Å². The van der Waals surface area contributed by atoms with E-state index in [1.165, 1.54) is 0 Å². The van der Waals surface area contributed by atoms with Gasteiger partial charge in [-0.3, -0.25) is 4.79 Å². The van der Waals surface area contributed by atoms with E-state index in [4.69, 9.17) is 0 Å². The molecule has 0 spiro atoms. The lowest BCUT2D eigenvalue weighted by atomic mass is 9.90. The number of nitrogens with one attached hydrogen (secondary N) is 2. The number of hydrogen-bond acceptors (Lipinski definition) is 3. The lowest BCUT2D eigenvalue weighted by molar-refractivity contribution is -0.127. The van der Waals surface area contributed by atoms with Crippen LogP contribution in [0.3, 0.4) is 0 Å². The Labute approximate surface area is 135 Å². The number of likely N-dealkylation sites (N-methyl/N-ethyl adjacent to an activating group) is 2. The van der Waals surface area contributed by atoms with Gasteiger partial charge in [-0.1, -0.05) is 55.4 Å². The van der Waals surface area contributed by atoms with Crippen LogP contribution in [0.2, 0.25) is 0 Å². The molecule has 21 heavy (non-hydrogen) atoms. The fourth-order valence-corrected chi connectivity index (χ4v) is 1.65. The van der Waals surface area contributed by atoms with Gasteiger partial charge in [0.05, 0.1) is 5.54 Å². The molecule has 0 aliphatic heterocycles. The van der Waals surface area contributed by atoms with E-state index in [-0.39, 0.29) is 5.91 Å². The fourth-order valence-electron chi connectivity index (χ4n) is 1.65. The van der Waals surface area contributed by atoms with Crippen LogP contribution in [0.5, 0.6) is 0 Å². The molecule has 1 atom stereocenters. The van der Waals surface area contributed by atoms with E-state index in [9.17, 15) is 4.79 Å². The molecular weight excluding hydrogens is 262 g/mol. The van der Waals surface area contributed by atoms with E-state index in [1.807, 2.05) is 55.5 Å². The molecule has 0 aromatic rings. The lowest BCUT2D eigenvalue weighted by Gasteiger charge is -2.32. The second kappa shape index (κ2) is 21.7. The fraction of sp³-hybridized carbons (Fsp3) is 0.941. The van der Waals surface area contributed by atoms with Gasteiger partial charge in [-0.2, -0.15) is 0 Å². The van der Waals surface area contributed by atoms with Crippen LogP contribution in [0.1, 0.15) is 68.2 Å². The molecule has 0 saturated heterocycles. The number of carbonyl (C=O) groups excluding carboxylic acids is 1. The molecule has 4 nitrogen and oxygen atoms in total. The highest BCUT2D eigenvalue weighted by molar-refractivity contribution is 5.86. The first-order valence-electron chi connectivity index (χ1n) is 8.66. The molecule has 0 rings (SSSR count). The first-order chi connectivity index (χ1) is 10.1. The molecule has 0 aromatic heterocycles. The maximum Gasteiger partial charge on any atom is 0.240 e. The van der Waals surface area contributed by atoms with E-state index in [2.05, 4.69) is 29.5 Å². The normalized spacial score (nSPS) is 11.6. The van der Waals surface area contributed by atoms with Crippen LogP contribution < -0.4 is 10.6 Å². The van der Waals surface area contributed by atoms with Gasteiger partial charge in [0.1, 0.15) is 0 Å². The van der Waals surface area contributed by atoms with E-state index in [1.54, 1.807) is 7.05 Å². The zero-order valence-electron chi connectivity index (χ0n) is 16.7. The summed E-state index contributed by atoms with van der Waals surface area (Å²) in [5, 5.41) is 5.89. The predicted octanol–water partition coefficient (Wildman–Crippen LogP) is 3.52. The van der Waals surface area contributed by atoms with Crippen molar-refractivity contribution in [3.8, 4) is 0 Å². The van der Waals surface area contributed by atoms with Gasteiger partial charge < -0.3 is 15.5 Å². The summed E-state index contributed by atoms with van der Waals surface area (Å²) in [6, 6.07) is 0. The van der Waals surface area contributed by atoms with Crippen LogP contribution in [0.25, 0.3) is 0 Å². The zero-order chi connectivity index (χ0) is 17.9. The van der Waals surface area contributed by atoms with Gasteiger partial charge in [-0.25, -0.2) is 0 Å². The van der Waals surface area contributed by atoms with E-state index >= 15 is 0 Å². The van der Waals surface area contributed by atoms with Gasteiger partial charge in [0.15, 0.2) is 0 Å². The Morgan fingerprint density at radius 1 is 1.00 bits per heavy atom. The average molecular weight is 306 g/mol. The third-order valence-electron chi connectivity index (χ3n) is 3.20. The van der Waals surface area contributed by atoms with Crippen LogP contribution in [0.15, 0.2) is 0 Å². The van der Waals surface area contributed by atoms with Gasteiger partial charge in [0, 0.05) is 13.6 Å². The topological polar surface area (TPSA) is 44.4 Å². The summed E-state index contributed by atoms with van der Waals surface area (Å²) in [7, 11) is 5.61. The smallest absolute Gasteiger partial charge is 0.240 e. The van der Waals surface area contributed by atoms with Crippen molar-refractivity contribution >= 4 is 5.91 Å². The molecule has 1 unspecified atom stereocenters. The summed E-state index contributed by atoms with van der Waals surface area (Å²) in [5.41, 5.74) is -0.418. The quantitative estimate of drug-likeness (QED) is 0.756. The standard InChI is InChI=1S/C11H25N3O.3C2H6/c1-6-11(13-4,10(15)12-3)8-9-14(5)7-2;3*1-2/h13H,6-9H2,1-5H3,(H,12,15);3*1-2H3. The van der Waals surface area contributed by atoms with Crippen molar-refractivity contribution < 1.29 is 4.79 Å². The molecule has 0 fully saturated rings. The molecule has 4 heteroatoms. The number of carbonyl (C=O) groups is 1. The minimum Gasteiger partial charge on any atom is -0.358 e. The van der Waals surface area contributed by atoms with Crippen LogP contribution in [0, 0.1) is 0 Å². The summed E-state index contributed by atoms with van der Waals surface area (Å²) >= 11 is 0. The van der Waals surface area contributed by atoms with Gasteiger partial charge in [-0.15, -0.1) is 0 Å². The number of nitrogens with zero attached hydrogens (tertiary/aromatic N) is 1. The van der Waals surface area contributed by atoms with E-state index < -0.39 is 5.54 Å². The monoisotopic (exact) mass is 305 g/mol. The van der Waals surface area contributed by atoms with Gasteiger partial charge in [-0.05, 0) is 33.5 Å². The first-order valence-corrected chi connectivity index (χ1v) is 8.66. The highest BCUT2D eigenvalue weighted by Crippen LogP contribution is 2.15. The molecule has 0 saturated carbocycles. The molecule has 2 N–H and O–H groups in total. The Kier molecular flexibility index (Phi) is 29.5. The number of hydrogen-bond donors (Lipinski definition) is 2. The minimum atomic E-state index is -0.418. The predicted molar refractivity (Wildman–Crippen MR) is 98.0 cm³/mol. The summed E-state index contributed by atoms with van der Waals surface area (Å²) in [6.07, 6.45) is 1.64.